The Kier molecular flexibility index (Phi) is 10.4. The first kappa shape index (κ1) is 30.3. The zero-order valence-corrected chi connectivity index (χ0v) is 24.8. The van der Waals surface area contributed by atoms with E-state index in [-0.39, 0.29) is 54.3 Å². The summed E-state index contributed by atoms with van der Waals surface area (Å²) < 4.78 is 5.63. The zero-order valence-electron chi connectivity index (χ0n) is 24.0. The number of fused-ring (bicyclic) bond motifs is 1. The largest absolute Gasteiger partial charge is 0.381 e. The van der Waals surface area contributed by atoms with Crippen molar-refractivity contribution in [2.45, 2.75) is 81.2 Å². The summed E-state index contributed by atoms with van der Waals surface area (Å²) in [5.41, 5.74) is 0.582. The summed E-state index contributed by atoms with van der Waals surface area (Å²) in [6, 6.07) is 9.00. The van der Waals surface area contributed by atoms with Crippen LogP contribution in [0.15, 0.2) is 30.3 Å². The monoisotopic (exact) mass is 599 g/mol. The molecule has 0 spiro atoms. The summed E-state index contributed by atoms with van der Waals surface area (Å²) in [6.45, 7) is 1.95. The van der Waals surface area contributed by atoms with Crippen LogP contribution in [0.2, 0.25) is 0 Å². The lowest BCUT2D eigenvalue weighted by molar-refractivity contribution is -0.134. The van der Waals surface area contributed by atoms with Crippen LogP contribution < -0.4 is 15.5 Å². The second-order valence-electron chi connectivity index (χ2n) is 11.5. The van der Waals surface area contributed by atoms with E-state index in [2.05, 4.69) is 10.6 Å². The molecule has 1 aromatic carbocycles. The van der Waals surface area contributed by atoms with Gasteiger partial charge in [-0.05, 0) is 44.2 Å². The van der Waals surface area contributed by atoms with Gasteiger partial charge in [-0.25, -0.2) is 14.5 Å². The number of hydrogen-bond donors (Lipinski definition) is 2. The maximum absolute atomic E-state index is 13.0. The van der Waals surface area contributed by atoms with Crippen molar-refractivity contribution in [3.05, 3.63) is 30.3 Å². The van der Waals surface area contributed by atoms with Gasteiger partial charge in [-0.15, -0.1) is 0 Å². The molecular formula is C30H41N5O6S. The van der Waals surface area contributed by atoms with Crippen molar-refractivity contribution in [3.8, 4) is 0 Å². The van der Waals surface area contributed by atoms with Crippen LogP contribution in [0.1, 0.15) is 57.8 Å². The highest BCUT2D eigenvalue weighted by Gasteiger charge is 2.43. The molecule has 0 saturated carbocycles. The van der Waals surface area contributed by atoms with E-state index < -0.39 is 0 Å². The molecule has 228 valence electrons. The van der Waals surface area contributed by atoms with Crippen LogP contribution in [0.25, 0.3) is 0 Å². The molecule has 4 aliphatic rings. The number of likely N-dealkylation sites (tertiary alicyclic amines) is 1. The zero-order chi connectivity index (χ0) is 29.5. The number of hydrogen-bond acceptors (Lipinski definition) is 7. The number of rotatable bonds is 14. The summed E-state index contributed by atoms with van der Waals surface area (Å²) in [6.07, 6.45) is 6.16. The van der Waals surface area contributed by atoms with Crippen LogP contribution in [0.5, 0.6) is 0 Å². The van der Waals surface area contributed by atoms with Gasteiger partial charge < -0.3 is 25.2 Å². The van der Waals surface area contributed by atoms with E-state index in [1.54, 1.807) is 29.2 Å². The van der Waals surface area contributed by atoms with Gasteiger partial charge >= 0.3 is 12.1 Å². The van der Waals surface area contributed by atoms with E-state index in [1.807, 2.05) is 22.7 Å². The van der Waals surface area contributed by atoms with E-state index >= 15 is 0 Å². The van der Waals surface area contributed by atoms with Crippen LogP contribution in [0.3, 0.4) is 0 Å². The average Bonchev–Trinajstić information content (AvgIpc) is 3.64. The summed E-state index contributed by atoms with van der Waals surface area (Å²) in [4.78, 5) is 66.6. The first-order valence-electron chi connectivity index (χ1n) is 15.1. The molecule has 0 aliphatic carbocycles. The Labute approximate surface area is 251 Å². The van der Waals surface area contributed by atoms with Crippen LogP contribution in [0, 0.1) is 0 Å². The summed E-state index contributed by atoms with van der Waals surface area (Å²) in [5, 5.41) is 6.39. The molecule has 12 heteroatoms. The molecule has 1 aromatic rings. The molecule has 3 atom stereocenters. The predicted molar refractivity (Wildman–Crippen MR) is 159 cm³/mol. The number of benzene rings is 1. The average molecular weight is 600 g/mol. The van der Waals surface area contributed by atoms with Crippen molar-refractivity contribution < 1.29 is 28.7 Å². The number of para-hydroxylation sites is 1. The minimum Gasteiger partial charge on any atom is -0.381 e. The highest BCUT2D eigenvalue weighted by molar-refractivity contribution is 8.00. The molecule has 4 aliphatic heterocycles. The minimum atomic E-state index is -0.290. The number of nitrogens with one attached hydrogen (secondary N) is 2. The Hall–Kier alpha value is -3.12. The standard InChI is InChI=1S/C30H41N5O6S/c36-23(9-4-5-11-25-28-24(20-42-25)31-29(39)32-28)10-6-17-41-18-14-26(37)33-15-12-21(13-16-33)34-19-27(38)35(30(34)40)22-7-2-1-3-8-22/h1-3,7-8,21,24-25,28H,4-6,9-20H2,(H2,31,32,39)/t24-,25-,28-/m0/s1. The molecule has 2 N–H and O–H groups in total. The summed E-state index contributed by atoms with van der Waals surface area (Å²) in [5.74, 6) is 1.00. The van der Waals surface area contributed by atoms with Crippen molar-refractivity contribution in [1.82, 2.24) is 20.4 Å². The molecule has 0 radical (unpaired) electrons. The Bertz CT molecular complexity index is 1140. The number of ketones is 1. The second-order valence-corrected chi connectivity index (χ2v) is 12.7. The van der Waals surface area contributed by atoms with Gasteiger partial charge in [0, 0.05) is 49.6 Å². The van der Waals surface area contributed by atoms with Crippen LogP contribution in [-0.4, -0.2) is 101 Å². The van der Waals surface area contributed by atoms with Gasteiger partial charge in [-0.3, -0.25) is 14.4 Å². The number of carbonyl (C=O) groups is 5. The molecule has 0 bridgehead atoms. The van der Waals surface area contributed by atoms with E-state index in [4.69, 9.17) is 4.74 Å². The number of unbranched alkanes of at least 4 members (excludes halogenated alkanes) is 1. The molecule has 0 aromatic heterocycles. The van der Waals surface area contributed by atoms with E-state index in [0.29, 0.717) is 75.8 Å². The maximum atomic E-state index is 13.0. The van der Waals surface area contributed by atoms with Gasteiger partial charge in [0.05, 0.1) is 30.8 Å². The molecule has 11 nitrogen and oxygen atoms in total. The van der Waals surface area contributed by atoms with Gasteiger partial charge in [0.2, 0.25) is 5.91 Å². The third-order valence-corrected chi connectivity index (χ3v) is 10.1. The lowest BCUT2D eigenvalue weighted by atomic mass is 10.0. The van der Waals surface area contributed by atoms with Crippen LogP contribution in [0.4, 0.5) is 15.3 Å². The minimum absolute atomic E-state index is 0.0268. The first-order valence-corrected chi connectivity index (χ1v) is 16.2. The van der Waals surface area contributed by atoms with Crippen molar-refractivity contribution in [2.75, 3.05) is 43.5 Å². The van der Waals surface area contributed by atoms with Gasteiger partial charge in [-0.1, -0.05) is 24.6 Å². The quantitative estimate of drug-likeness (QED) is 0.191. The molecule has 42 heavy (non-hydrogen) atoms. The Balaban J connectivity index is 0.889. The van der Waals surface area contributed by atoms with Crippen LogP contribution in [-0.2, 0) is 19.1 Å². The number of nitrogens with zero attached hydrogens (tertiary/aromatic N) is 3. The molecule has 5 rings (SSSR count). The van der Waals surface area contributed by atoms with Gasteiger partial charge in [0.15, 0.2) is 0 Å². The lowest BCUT2D eigenvalue weighted by Gasteiger charge is -2.36. The Morgan fingerprint density at radius 1 is 0.929 bits per heavy atom. The number of carbonyl (C=O) groups excluding carboxylic acids is 5. The molecule has 4 saturated heterocycles. The van der Waals surface area contributed by atoms with Crippen molar-refractivity contribution in [3.63, 3.8) is 0 Å². The number of imide groups is 1. The number of piperidine rings is 1. The topological polar surface area (TPSA) is 128 Å². The smallest absolute Gasteiger partial charge is 0.332 e. The fourth-order valence-electron chi connectivity index (χ4n) is 6.29. The third kappa shape index (κ3) is 7.44. The number of ether oxygens (including phenoxy) is 1. The highest BCUT2D eigenvalue weighted by Crippen LogP contribution is 2.33. The van der Waals surface area contributed by atoms with Crippen molar-refractivity contribution >= 4 is 47.1 Å². The van der Waals surface area contributed by atoms with Crippen molar-refractivity contribution in [2.24, 2.45) is 0 Å². The number of urea groups is 2. The third-order valence-electron chi connectivity index (χ3n) is 8.60. The normalized spacial score (nSPS) is 24.2. The lowest BCUT2D eigenvalue weighted by Crippen LogP contribution is -2.48. The molecule has 6 amide bonds. The molecule has 0 unspecified atom stereocenters. The van der Waals surface area contributed by atoms with Gasteiger partial charge in [0.25, 0.3) is 5.91 Å². The van der Waals surface area contributed by atoms with E-state index in [1.165, 1.54) is 4.90 Å². The second kappa shape index (κ2) is 14.4. The van der Waals surface area contributed by atoms with Gasteiger partial charge in [-0.2, -0.15) is 11.8 Å². The fourth-order valence-corrected chi connectivity index (χ4v) is 7.83. The number of thioether (sulfide) groups is 1. The number of anilines is 1. The first-order chi connectivity index (χ1) is 20.4. The number of amides is 6. The fraction of sp³-hybridized carbons (Fsp3) is 0.633. The molecular weight excluding hydrogens is 558 g/mol. The highest BCUT2D eigenvalue weighted by atomic mass is 32.2. The number of Topliss-reactive ketones (excluding diaryl/α,β-unsaturated/α-hetero) is 1. The maximum Gasteiger partial charge on any atom is 0.332 e. The predicted octanol–water partition coefficient (Wildman–Crippen LogP) is 2.93. The summed E-state index contributed by atoms with van der Waals surface area (Å²) in [7, 11) is 0. The van der Waals surface area contributed by atoms with Gasteiger partial charge in [0.1, 0.15) is 12.3 Å². The Morgan fingerprint density at radius 2 is 1.69 bits per heavy atom. The van der Waals surface area contributed by atoms with E-state index in [0.717, 1.165) is 25.0 Å². The van der Waals surface area contributed by atoms with E-state index in [9.17, 15) is 24.0 Å². The Morgan fingerprint density at radius 3 is 2.48 bits per heavy atom. The van der Waals surface area contributed by atoms with Crippen molar-refractivity contribution in [1.29, 1.82) is 0 Å². The summed E-state index contributed by atoms with van der Waals surface area (Å²) >= 11 is 1.90. The van der Waals surface area contributed by atoms with Crippen LogP contribution >= 0.6 is 11.8 Å². The molecule has 4 fully saturated rings. The molecule has 4 heterocycles. The SMILES string of the molecule is O=C(CCCC[C@@H]1SC[C@@H]2NC(=O)N[C@@H]21)CCCOCCC(=O)N1CCC(N2CC(=O)N(c3ccccc3)C2=O)CC1.